The van der Waals surface area contributed by atoms with Gasteiger partial charge in [0, 0.05) is 12.5 Å². The number of alkyl halides is 3. The van der Waals surface area contributed by atoms with Gasteiger partial charge in [-0.05, 0) is 32.3 Å². The van der Waals surface area contributed by atoms with Crippen LogP contribution in [0.5, 0.6) is 0 Å². The molecule has 5 nitrogen and oxygen atoms in total. The fourth-order valence-corrected chi connectivity index (χ4v) is 2.49. The van der Waals surface area contributed by atoms with Crippen LogP contribution in [-0.4, -0.2) is 35.9 Å². The van der Waals surface area contributed by atoms with Crippen molar-refractivity contribution in [2.45, 2.75) is 71.3 Å². The fourth-order valence-electron chi connectivity index (χ4n) is 2.49. The van der Waals surface area contributed by atoms with Gasteiger partial charge in [-0.15, -0.1) is 0 Å². The SMILES string of the molecule is CC(C)[C@@H](CC(F)(F)F)NC(=O)C(Cc1ccccc1)NC(=O)OC(C)(C)C. The van der Waals surface area contributed by atoms with Crippen molar-refractivity contribution in [2.75, 3.05) is 0 Å². The molecule has 158 valence electrons. The van der Waals surface area contributed by atoms with Gasteiger partial charge in [-0.25, -0.2) is 4.79 Å². The number of nitrogens with one attached hydrogen (secondary N) is 2. The number of ether oxygens (including phenoxy) is 1. The van der Waals surface area contributed by atoms with E-state index in [0.717, 1.165) is 5.56 Å². The number of halogens is 3. The molecule has 1 aromatic carbocycles. The molecule has 0 saturated heterocycles. The Balaban J connectivity index is 2.94. The first kappa shape index (κ1) is 23.8. The molecule has 0 heterocycles. The quantitative estimate of drug-likeness (QED) is 0.718. The van der Waals surface area contributed by atoms with E-state index in [2.05, 4.69) is 10.6 Å². The van der Waals surface area contributed by atoms with Crippen molar-refractivity contribution in [1.82, 2.24) is 10.6 Å². The zero-order valence-electron chi connectivity index (χ0n) is 16.9. The number of hydrogen-bond acceptors (Lipinski definition) is 3. The van der Waals surface area contributed by atoms with Crippen LogP contribution in [0.15, 0.2) is 30.3 Å². The van der Waals surface area contributed by atoms with Crippen molar-refractivity contribution in [1.29, 1.82) is 0 Å². The second kappa shape index (κ2) is 9.80. The Morgan fingerprint density at radius 2 is 1.61 bits per heavy atom. The summed E-state index contributed by atoms with van der Waals surface area (Å²) in [6.45, 7) is 8.24. The summed E-state index contributed by atoms with van der Waals surface area (Å²) in [6, 6.07) is 6.74. The van der Waals surface area contributed by atoms with Crippen LogP contribution in [0.4, 0.5) is 18.0 Å². The number of rotatable bonds is 7. The summed E-state index contributed by atoms with van der Waals surface area (Å²) in [5.41, 5.74) is -0.00940. The summed E-state index contributed by atoms with van der Waals surface area (Å²) in [5, 5.41) is 4.91. The van der Waals surface area contributed by atoms with E-state index in [1.807, 2.05) is 0 Å². The van der Waals surface area contributed by atoms with Gasteiger partial charge < -0.3 is 15.4 Å². The van der Waals surface area contributed by atoms with Crippen LogP contribution in [0.2, 0.25) is 0 Å². The summed E-state index contributed by atoms with van der Waals surface area (Å²) >= 11 is 0. The van der Waals surface area contributed by atoms with E-state index in [-0.39, 0.29) is 6.42 Å². The summed E-state index contributed by atoms with van der Waals surface area (Å²) < 4.78 is 43.6. The van der Waals surface area contributed by atoms with Gasteiger partial charge in [-0.2, -0.15) is 13.2 Å². The van der Waals surface area contributed by atoms with Crippen molar-refractivity contribution in [2.24, 2.45) is 5.92 Å². The van der Waals surface area contributed by atoms with Crippen molar-refractivity contribution in [3.8, 4) is 0 Å². The molecule has 0 saturated carbocycles. The molecule has 0 spiro atoms. The van der Waals surface area contributed by atoms with E-state index in [4.69, 9.17) is 4.74 Å². The molecular weight excluding hydrogens is 373 g/mol. The highest BCUT2D eigenvalue weighted by Gasteiger charge is 2.35. The number of carbonyl (C=O) groups is 2. The molecule has 0 aliphatic heterocycles. The van der Waals surface area contributed by atoms with E-state index < -0.39 is 48.2 Å². The minimum atomic E-state index is -4.41. The van der Waals surface area contributed by atoms with Gasteiger partial charge in [0.25, 0.3) is 0 Å². The molecule has 1 unspecified atom stereocenters. The molecule has 28 heavy (non-hydrogen) atoms. The first-order valence-corrected chi connectivity index (χ1v) is 9.17. The molecule has 0 aliphatic carbocycles. The van der Waals surface area contributed by atoms with Crippen LogP contribution in [0.1, 0.15) is 46.6 Å². The molecule has 2 amide bonds. The largest absolute Gasteiger partial charge is 0.444 e. The van der Waals surface area contributed by atoms with Gasteiger partial charge >= 0.3 is 12.3 Å². The zero-order chi connectivity index (χ0) is 21.5. The second-order valence-corrected chi connectivity index (χ2v) is 8.07. The van der Waals surface area contributed by atoms with E-state index in [9.17, 15) is 22.8 Å². The third kappa shape index (κ3) is 9.62. The highest BCUT2D eigenvalue weighted by molar-refractivity contribution is 5.86. The Labute approximate surface area is 164 Å². The number of benzene rings is 1. The summed E-state index contributed by atoms with van der Waals surface area (Å²) in [5.74, 6) is -1.11. The third-order valence-electron chi connectivity index (χ3n) is 3.87. The van der Waals surface area contributed by atoms with E-state index in [0.29, 0.717) is 0 Å². The van der Waals surface area contributed by atoms with Crippen LogP contribution < -0.4 is 10.6 Å². The van der Waals surface area contributed by atoms with Crippen LogP contribution in [-0.2, 0) is 16.0 Å². The maximum atomic E-state index is 12.8. The van der Waals surface area contributed by atoms with Gasteiger partial charge in [0.2, 0.25) is 5.91 Å². The average molecular weight is 402 g/mol. The van der Waals surface area contributed by atoms with Gasteiger partial charge in [-0.1, -0.05) is 44.2 Å². The van der Waals surface area contributed by atoms with Gasteiger partial charge in [-0.3, -0.25) is 4.79 Å². The predicted molar refractivity (Wildman–Crippen MR) is 101 cm³/mol. The Bertz CT molecular complexity index is 640. The van der Waals surface area contributed by atoms with Crippen LogP contribution in [0, 0.1) is 5.92 Å². The molecule has 8 heteroatoms. The lowest BCUT2D eigenvalue weighted by molar-refractivity contribution is -0.145. The normalized spacial score (nSPS) is 14.3. The minimum Gasteiger partial charge on any atom is -0.444 e. The van der Waals surface area contributed by atoms with Gasteiger partial charge in [0.05, 0.1) is 6.42 Å². The monoisotopic (exact) mass is 402 g/mol. The lowest BCUT2D eigenvalue weighted by atomic mass is 9.99. The molecule has 0 aromatic heterocycles. The van der Waals surface area contributed by atoms with Crippen molar-refractivity contribution < 1.29 is 27.5 Å². The third-order valence-corrected chi connectivity index (χ3v) is 3.87. The molecule has 0 fully saturated rings. The fraction of sp³-hybridized carbons (Fsp3) is 0.600. The molecule has 1 aromatic rings. The zero-order valence-corrected chi connectivity index (χ0v) is 16.9. The number of amides is 2. The minimum absolute atomic E-state index is 0.128. The van der Waals surface area contributed by atoms with Crippen LogP contribution in [0.25, 0.3) is 0 Å². The lowest BCUT2D eigenvalue weighted by Crippen LogP contribution is -2.53. The number of hydrogen-bond donors (Lipinski definition) is 2. The number of alkyl carbamates (subject to hydrolysis) is 1. The molecular formula is C20H29F3N2O3. The second-order valence-electron chi connectivity index (χ2n) is 8.07. The van der Waals surface area contributed by atoms with E-state index in [1.165, 1.54) is 0 Å². The molecule has 1 rings (SSSR count). The molecule has 0 bridgehead atoms. The molecule has 0 aliphatic rings. The Hall–Kier alpha value is -2.25. The van der Waals surface area contributed by atoms with Crippen molar-refractivity contribution in [3.05, 3.63) is 35.9 Å². The highest BCUT2D eigenvalue weighted by Crippen LogP contribution is 2.24. The van der Waals surface area contributed by atoms with Crippen LogP contribution >= 0.6 is 0 Å². The Morgan fingerprint density at radius 1 is 1.04 bits per heavy atom. The van der Waals surface area contributed by atoms with Crippen molar-refractivity contribution >= 4 is 12.0 Å². The van der Waals surface area contributed by atoms with E-state index in [1.54, 1.807) is 65.0 Å². The topological polar surface area (TPSA) is 67.4 Å². The standard InChI is InChI=1S/C20H29F3N2O3/c1-13(2)16(12-20(21,22)23)24-17(26)15(11-14-9-7-6-8-10-14)25-18(27)28-19(3,4)5/h6-10,13,15-16H,11-12H2,1-5H3,(H,24,26)(H,25,27)/t15?,16-/m1/s1. The molecule has 0 radical (unpaired) electrons. The van der Waals surface area contributed by atoms with Crippen LogP contribution in [0.3, 0.4) is 0 Å². The first-order chi connectivity index (χ1) is 12.8. The average Bonchev–Trinajstić information content (AvgIpc) is 2.51. The maximum absolute atomic E-state index is 12.8. The van der Waals surface area contributed by atoms with Gasteiger partial charge in [0.15, 0.2) is 0 Å². The number of carbonyl (C=O) groups excluding carboxylic acids is 2. The van der Waals surface area contributed by atoms with E-state index >= 15 is 0 Å². The molecule has 2 N–H and O–H groups in total. The van der Waals surface area contributed by atoms with Gasteiger partial charge in [0.1, 0.15) is 11.6 Å². The summed E-state index contributed by atoms with van der Waals surface area (Å²) in [6.07, 6.45) is -6.22. The Morgan fingerprint density at radius 3 is 2.07 bits per heavy atom. The lowest BCUT2D eigenvalue weighted by Gasteiger charge is -2.27. The summed E-state index contributed by atoms with van der Waals surface area (Å²) in [7, 11) is 0. The maximum Gasteiger partial charge on any atom is 0.408 e. The summed E-state index contributed by atoms with van der Waals surface area (Å²) in [4.78, 5) is 24.8. The smallest absolute Gasteiger partial charge is 0.408 e. The predicted octanol–water partition coefficient (Wildman–Crippen LogP) is 4.22. The molecule has 2 atom stereocenters. The Kier molecular flexibility index (Phi) is 8.32. The highest BCUT2D eigenvalue weighted by atomic mass is 19.4. The first-order valence-electron chi connectivity index (χ1n) is 9.17. The van der Waals surface area contributed by atoms with Crippen molar-refractivity contribution in [3.63, 3.8) is 0 Å².